The van der Waals surface area contributed by atoms with Crippen molar-refractivity contribution < 1.29 is 19.1 Å². The summed E-state index contributed by atoms with van der Waals surface area (Å²) >= 11 is 1.54. The van der Waals surface area contributed by atoms with Crippen molar-refractivity contribution in [2.24, 2.45) is 0 Å². The van der Waals surface area contributed by atoms with Crippen LogP contribution in [0.2, 0.25) is 0 Å². The minimum Gasteiger partial charge on any atom is -0.444 e. The normalized spacial score (nSPS) is 17.0. The Kier molecular flexibility index (Phi) is 7.02. The molecule has 0 aliphatic carbocycles. The standard InChI is InChI=1S/C18H27N3O4S/c1-18(2,3)25-17(24)20-9-8-19-16(23)14-7-4-10-21(14)15(22)12-13-6-5-11-26-13/h5-6,11,14H,4,7-10,12H2,1-3H3,(H,19,23)(H,20,24). The maximum absolute atomic E-state index is 12.5. The van der Waals surface area contributed by atoms with Gasteiger partial charge in [0.15, 0.2) is 0 Å². The van der Waals surface area contributed by atoms with Crippen LogP contribution in [0.25, 0.3) is 0 Å². The van der Waals surface area contributed by atoms with E-state index in [0.29, 0.717) is 25.9 Å². The van der Waals surface area contributed by atoms with Crippen molar-refractivity contribution in [3.63, 3.8) is 0 Å². The number of thiophene rings is 1. The minimum atomic E-state index is -0.555. The Morgan fingerprint density at radius 3 is 2.65 bits per heavy atom. The Bertz CT molecular complexity index is 625. The second-order valence-electron chi connectivity index (χ2n) is 7.22. The highest BCUT2D eigenvalue weighted by Crippen LogP contribution is 2.20. The molecule has 1 aromatic rings. The van der Waals surface area contributed by atoms with Gasteiger partial charge in [0.25, 0.3) is 0 Å². The van der Waals surface area contributed by atoms with Gasteiger partial charge < -0.3 is 20.3 Å². The van der Waals surface area contributed by atoms with Crippen molar-refractivity contribution in [3.05, 3.63) is 22.4 Å². The maximum atomic E-state index is 12.5. The molecule has 1 saturated heterocycles. The summed E-state index contributed by atoms with van der Waals surface area (Å²) in [5.41, 5.74) is -0.555. The lowest BCUT2D eigenvalue weighted by Crippen LogP contribution is -2.48. The lowest BCUT2D eigenvalue weighted by molar-refractivity contribution is -0.137. The summed E-state index contributed by atoms with van der Waals surface area (Å²) in [5.74, 6) is -0.190. The van der Waals surface area contributed by atoms with Crippen LogP contribution >= 0.6 is 11.3 Å². The van der Waals surface area contributed by atoms with Crippen LogP contribution in [0.3, 0.4) is 0 Å². The first kappa shape index (κ1) is 20.2. The van der Waals surface area contributed by atoms with Gasteiger partial charge in [-0.05, 0) is 45.1 Å². The van der Waals surface area contributed by atoms with Gasteiger partial charge >= 0.3 is 6.09 Å². The van der Waals surface area contributed by atoms with Crippen molar-refractivity contribution in [1.29, 1.82) is 0 Å². The van der Waals surface area contributed by atoms with Gasteiger partial charge in [0.05, 0.1) is 6.42 Å². The van der Waals surface area contributed by atoms with Crippen LogP contribution in [0.4, 0.5) is 4.79 Å². The van der Waals surface area contributed by atoms with E-state index in [1.165, 1.54) is 0 Å². The molecule has 26 heavy (non-hydrogen) atoms. The third kappa shape index (κ3) is 6.33. The van der Waals surface area contributed by atoms with E-state index in [4.69, 9.17) is 4.74 Å². The largest absolute Gasteiger partial charge is 0.444 e. The third-order valence-electron chi connectivity index (χ3n) is 3.87. The maximum Gasteiger partial charge on any atom is 0.407 e. The quantitative estimate of drug-likeness (QED) is 0.737. The number of hydrogen-bond donors (Lipinski definition) is 2. The number of ether oxygens (including phenoxy) is 1. The van der Waals surface area contributed by atoms with Crippen LogP contribution in [0.1, 0.15) is 38.5 Å². The predicted octanol–water partition coefficient (Wildman–Crippen LogP) is 1.92. The van der Waals surface area contributed by atoms with Crippen LogP contribution < -0.4 is 10.6 Å². The van der Waals surface area contributed by atoms with E-state index in [1.807, 2.05) is 17.5 Å². The van der Waals surface area contributed by atoms with Crippen molar-refractivity contribution >= 4 is 29.2 Å². The molecule has 7 nitrogen and oxygen atoms in total. The first-order valence-corrected chi connectivity index (χ1v) is 9.70. The number of amides is 3. The Morgan fingerprint density at radius 2 is 2.00 bits per heavy atom. The first-order valence-electron chi connectivity index (χ1n) is 8.82. The molecular formula is C18H27N3O4S. The number of carbonyl (C=O) groups excluding carboxylic acids is 3. The summed E-state index contributed by atoms with van der Waals surface area (Å²) in [6.45, 7) is 6.54. The monoisotopic (exact) mass is 381 g/mol. The van der Waals surface area contributed by atoms with Gasteiger partial charge in [-0.25, -0.2) is 4.79 Å². The van der Waals surface area contributed by atoms with E-state index >= 15 is 0 Å². The molecule has 3 amide bonds. The Morgan fingerprint density at radius 1 is 1.27 bits per heavy atom. The molecule has 1 aromatic heterocycles. The summed E-state index contributed by atoms with van der Waals surface area (Å²) in [4.78, 5) is 39.1. The molecule has 1 aliphatic heterocycles. The van der Waals surface area contributed by atoms with Gasteiger partial charge in [-0.1, -0.05) is 6.07 Å². The molecule has 1 atom stereocenters. The van der Waals surface area contributed by atoms with Crippen molar-refractivity contribution in [2.75, 3.05) is 19.6 Å². The number of hydrogen-bond acceptors (Lipinski definition) is 5. The summed E-state index contributed by atoms with van der Waals surface area (Å²) in [6, 6.07) is 3.42. The summed E-state index contributed by atoms with van der Waals surface area (Å²) in [5, 5.41) is 7.32. The average molecular weight is 381 g/mol. The fraction of sp³-hybridized carbons (Fsp3) is 0.611. The van der Waals surface area contributed by atoms with E-state index in [1.54, 1.807) is 37.0 Å². The zero-order chi connectivity index (χ0) is 19.2. The topological polar surface area (TPSA) is 87.7 Å². The molecule has 0 bridgehead atoms. The van der Waals surface area contributed by atoms with E-state index in [9.17, 15) is 14.4 Å². The second kappa shape index (κ2) is 9.02. The number of carbonyl (C=O) groups is 3. The minimum absolute atomic E-state index is 0.0167. The van der Waals surface area contributed by atoms with E-state index in [0.717, 1.165) is 11.3 Å². The van der Waals surface area contributed by atoms with Crippen molar-refractivity contribution in [1.82, 2.24) is 15.5 Å². The summed E-state index contributed by atoms with van der Waals surface area (Å²) in [7, 11) is 0. The summed E-state index contributed by atoms with van der Waals surface area (Å²) < 4.78 is 5.13. The molecule has 8 heteroatoms. The highest BCUT2D eigenvalue weighted by Gasteiger charge is 2.33. The van der Waals surface area contributed by atoms with Gasteiger partial charge in [-0.15, -0.1) is 11.3 Å². The van der Waals surface area contributed by atoms with Crippen molar-refractivity contribution in [2.45, 2.75) is 51.7 Å². The fourth-order valence-electron chi connectivity index (χ4n) is 2.78. The number of rotatable bonds is 6. The lowest BCUT2D eigenvalue weighted by atomic mass is 10.2. The van der Waals surface area contributed by atoms with Crippen LogP contribution in [0, 0.1) is 0 Å². The molecule has 2 N–H and O–H groups in total. The Hall–Kier alpha value is -2.09. The van der Waals surface area contributed by atoms with Gasteiger partial charge in [-0.3, -0.25) is 9.59 Å². The number of alkyl carbamates (subject to hydrolysis) is 1. The molecule has 2 rings (SSSR count). The smallest absolute Gasteiger partial charge is 0.407 e. The fourth-order valence-corrected chi connectivity index (χ4v) is 3.48. The number of nitrogens with zero attached hydrogens (tertiary/aromatic N) is 1. The van der Waals surface area contributed by atoms with Crippen LogP contribution in [0.5, 0.6) is 0 Å². The second-order valence-corrected chi connectivity index (χ2v) is 8.25. The first-order chi connectivity index (χ1) is 12.3. The van der Waals surface area contributed by atoms with Crippen molar-refractivity contribution in [3.8, 4) is 0 Å². The Balaban J connectivity index is 1.74. The SMILES string of the molecule is CC(C)(C)OC(=O)NCCNC(=O)C1CCCN1C(=O)Cc1cccs1. The highest BCUT2D eigenvalue weighted by atomic mass is 32.1. The molecule has 0 spiro atoms. The molecular weight excluding hydrogens is 354 g/mol. The predicted molar refractivity (Wildman–Crippen MR) is 100 cm³/mol. The molecule has 2 heterocycles. The third-order valence-corrected chi connectivity index (χ3v) is 4.75. The molecule has 0 saturated carbocycles. The zero-order valence-electron chi connectivity index (χ0n) is 15.5. The number of nitrogens with one attached hydrogen (secondary N) is 2. The van der Waals surface area contributed by atoms with E-state index < -0.39 is 17.7 Å². The molecule has 0 aromatic carbocycles. The van der Waals surface area contributed by atoms with E-state index in [-0.39, 0.29) is 18.4 Å². The van der Waals surface area contributed by atoms with E-state index in [2.05, 4.69) is 10.6 Å². The lowest BCUT2D eigenvalue weighted by Gasteiger charge is -2.24. The van der Waals surface area contributed by atoms with Gasteiger partial charge in [-0.2, -0.15) is 0 Å². The average Bonchev–Trinajstić information content (AvgIpc) is 3.20. The van der Waals surface area contributed by atoms with Crippen LogP contribution in [0.15, 0.2) is 17.5 Å². The Labute approximate surface area is 158 Å². The van der Waals surface area contributed by atoms with Crippen LogP contribution in [-0.4, -0.2) is 54.1 Å². The molecule has 1 fully saturated rings. The zero-order valence-corrected chi connectivity index (χ0v) is 16.4. The molecule has 1 unspecified atom stereocenters. The number of likely N-dealkylation sites (tertiary alicyclic amines) is 1. The van der Waals surface area contributed by atoms with Gasteiger partial charge in [0, 0.05) is 24.5 Å². The molecule has 144 valence electrons. The van der Waals surface area contributed by atoms with Gasteiger partial charge in [0.2, 0.25) is 11.8 Å². The summed E-state index contributed by atoms with van der Waals surface area (Å²) in [6.07, 6.45) is 1.31. The van der Waals surface area contributed by atoms with Gasteiger partial charge in [0.1, 0.15) is 11.6 Å². The highest BCUT2D eigenvalue weighted by molar-refractivity contribution is 7.10. The van der Waals surface area contributed by atoms with Crippen LogP contribution in [-0.2, 0) is 20.7 Å². The molecule has 1 aliphatic rings. The molecule has 0 radical (unpaired) electrons.